The van der Waals surface area contributed by atoms with Crippen molar-refractivity contribution in [2.24, 2.45) is 11.7 Å². The first-order valence-electron chi connectivity index (χ1n) is 7.07. The van der Waals surface area contributed by atoms with E-state index in [1.807, 2.05) is 0 Å². The lowest BCUT2D eigenvalue weighted by atomic mass is 9.84. The van der Waals surface area contributed by atoms with Gasteiger partial charge in [0.15, 0.2) is 0 Å². The predicted octanol–water partition coefficient (Wildman–Crippen LogP) is 0.356. The highest BCUT2D eigenvalue weighted by atomic mass is 16.5. The van der Waals surface area contributed by atoms with E-state index in [2.05, 4.69) is 24.3 Å². The smallest absolute Gasteiger partial charge is 0.0616 e. The molecular weight excluding hydrogens is 230 g/mol. The number of ether oxygens (including phenoxy) is 2. The number of hydrogen-bond acceptors (Lipinski definition) is 5. The van der Waals surface area contributed by atoms with Crippen LogP contribution in [0.1, 0.15) is 26.7 Å². The molecule has 0 radical (unpaired) electrons. The van der Waals surface area contributed by atoms with Crippen molar-refractivity contribution in [3.05, 3.63) is 0 Å². The molecule has 0 spiro atoms. The lowest BCUT2D eigenvalue weighted by molar-refractivity contribution is -0.0821. The van der Waals surface area contributed by atoms with Crippen LogP contribution < -0.4 is 11.2 Å². The topological polar surface area (TPSA) is 59.8 Å². The fraction of sp³-hybridized carbons (Fsp3) is 1.00. The first-order chi connectivity index (χ1) is 8.65. The standard InChI is InChI=1S/C13H27N3O2/c1-11(2)12-9-13(10-14,3-6-18-12)15-16-4-7-17-8-5-16/h11-12,15H,3-10,14H2,1-2H3. The van der Waals surface area contributed by atoms with Crippen LogP contribution in [0.2, 0.25) is 0 Å². The summed E-state index contributed by atoms with van der Waals surface area (Å²) in [5.41, 5.74) is 9.70. The third kappa shape index (κ3) is 3.42. The normalized spacial score (nSPS) is 35.0. The number of nitrogens with two attached hydrogens (primary N) is 1. The van der Waals surface area contributed by atoms with Crippen molar-refractivity contribution in [3.63, 3.8) is 0 Å². The molecular formula is C13H27N3O2. The van der Waals surface area contributed by atoms with Gasteiger partial charge in [-0.05, 0) is 18.8 Å². The second-order valence-electron chi connectivity index (χ2n) is 5.80. The molecule has 106 valence electrons. The zero-order chi connectivity index (χ0) is 13.0. The second-order valence-corrected chi connectivity index (χ2v) is 5.80. The van der Waals surface area contributed by atoms with Crippen LogP contribution in [0.15, 0.2) is 0 Å². The average Bonchev–Trinajstić information content (AvgIpc) is 2.40. The summed E-state index contributed by atoms with van der Waals surface area (Å²) < 4.78 is 11.2. The van der Waals surface area contributed by atoms with Gasteiger partial charge in [-0.1, -0.05) is 13.8 Å². The number of hydrazine groups is 1. The molecule has 2 atom stereocenters. The highest BCUT2D eigenvalue weighted by Crippen LogP contribution is 2.28. The molecule has 2 unspecified atom stereocenters. The average molecular weight is 257 g/mol. The van der Waals surface area contributed by atoms with E-state index in [-0.39, 0.29) is 5.54 Å². The van der Waals surface area contributed by atoms with Gasteiger partial charge >= 0.3 is 0 Å². The Kier molecular flexibility index (Phi) is 4.98. The van der Waals surface area contributed by atoms with E-state index in [1.54, 1.807) is 0 Å². The van der Waals surface area contributed by atoms with E-state index in [9.17, 15) is 0 Å². The molecule has 0 saturated carbocycles. The maximum atomic E-state index is 6.04. The summed E-state index contributed by atoms with van der Waals surface area (Å²) >= 11 is 0. The summed E-state index contributed by atoms with van der Waals surface area (Å²) in [5, 5.41) is 2.26. The summed E-state index contributed by atoms with van der Waals surface area (Å²) in [5.74, 6) is 0.544. The van der Waals surface area contributed by atoms with E-state index in [1.165, 1.54) is 0 Å². The molecule has 0 aromatic heterocycles. The molecule has 0 aliphatic carbocycles. The molecule has 0 amide bonds. The van der Waals surface area contributed by atoms with Crippen LogP contribution in [0.3, 0.4) is 0 Å². The van der Waals surface area contributed by atoms with Gasteiger partial charge in [-0.15, -0.1) is 0 Å². The van der Waals surface area contributed by atoms with Gasteiger partial charge in [0, 0.05) is 31.8 Å². The van der Waals surface area contributed by atoms with Crippen molar-refractivity contribution >= 4 is 0 Å². The highest BCUT2D eigenvalue weighted by molar-refractivity contribution is 4.94. The van der Waals surface area contributed by atoms with Gasteiger partial charge in [0.05, 0.1) is 19.3 Å². The molecule has 2 aliphatic heterocycles. The van der Waals surface area contributed by atoms with Crippen molar-refractivity contribution < 1.29 is 9.47 Å². The third-order valence-electron chi connectivity index (χ3n) is 4.05. The number of morpholine rings is 1. The number of rotatable bonds is 4. The van der Waals surface area contributed by atoms with Crippen molar-refractivity contribution in [2.75, 3.05) is 39.5 Å². The van der Waals surface area contributed by atoms with Gasteiger partial charge in [-0.3, -0.25) is 0 Å². The van der Waals surface area contributed by atoms with Gasteiger partial charge in [0.25, 0.3) is 0 Å². The molecule has 5 heteroatoms. The van der Waals surface area contributed by atoms with Crippen LogP contribution in [0.25, 0.3) is 0 Å². The van der Waals surface area contributed by atoms with Crippen LogP contribution in [0, 0.1) is 5.92 Å². The third-order valence-corrected chi connectivity index (χ3v) is 4.05. The lowest BCUT2D eigenvalue weighted by Gasteiger charge is -2.45. The number of nitrogens with zero attached hydrogens (tertiary/aromatic N) is 1. The summed E-state index contributed by atoms with van der Waals surface area (Å²) in [6, 6.07) is 0. The molecule has 18 heavy (non-hydrogen) atoms. The second kappa shape index (κ2) is 6.30. The lowest BCUT2D eigenvalue weighted by Crippen LogP contribution is -2.64. The summed E-state index contributed by atoms with van der Waals surface area (Å²) in [7, 11) is 0. The first kappa shape index (κ1) is 14.2. The SMILES string of the molecule is CC(C)C1CC(CN)(NN2CCOCC2)CCO1. The molecule has 2 heterocycles. The van der Waals surface area contributed by atoms with Gasteiger partial charge in [0.2, 0.25) is 0 Å². The van der Waals surface area contributed by atoms with Crippen LogP contribution in [-0.2, 0) is 9.47 Å². The van der Waals surface area contributed by atoms with E-state index in [4.69, 9.17) is 15.2 Å². The number of hydrogen-bond donors (Lipinski definition) is 2. The van der Waals surface area contributed by atoms with Gasteiger partial charge in [0.1, 0.15) is 0 Å². The Morgan fingerprint density at radius 2 is 2.06 bits per heavy atom. The summed E-state index contributed by atoms with van der Waals surface area (Å²) in [6.07, 6.45) is 2.30. The number of nitrogens with one attached hydrogen (secondary N) is 1. The maximum Gasteiger partial charge on any atom is 0.0616 e. The fourth-order valence-corrected chi connectivity index (χ4v) is 2.72. The van der Waals surface area contributed by atoms with Crippen molar-refractivity contribution in [1.29, 1.82) is 0 Å². The monoisotopic (exact) mass is 257 g/mol. The summed E-state index contributed by atoms with van der Waals surface area (Å²) in [4.78, 5) is 0. The Morgan fingerprint density at radius 3 is 2.67 bits per heavy atom. The van der Waals surface area contributed by atoms with Crippen LogP contribution >= 0.6 is 0 Å². The molecule has 0 bridgehead atoms. The van der Waals surface area contributed by atoms with Crippen molar-refractivity contribution in [2.45, 2.75) is 38.3 Å². The molecule has 2 saturated heterocycles. The van der Waals surface area contributed by atoms with Gasteiger partial charge in [-0.2, -0.15) is 0 Å². The zero-order valence-electron chi connectivity index (χ0n) is 11.7. The van der Waals surface area contributed by atoms with Crippen LogP contribution in [0.5, 0.6) is 0 Å². The van der Waals surface area contributed by atoms with Crippen molar-refractivity contribution in [3.8, 4) is 0 Å². The van der Waals surface area contributed by atoms with Crippen LogP contribution in [-0.4, -0.2) is 56.1 Å². The molecule has 2 rings (SSSR count). The molecule has 3 N–H and O–H groups in total. The highest BCUT2D eigenvalue weighted by Gasteiger charge is 2.38. The Balaban J connectivity index is 1.95. The molecule has 0 aromatic carbocycles. The minimum Gasteiger partial charge on any atom is -0.379 e. The Labute approximate surface area is 110 Å². The van der Waals surface area contributed by atoms with E-state index in [0.717, 1.165) is 45.8 Å². The maximum absolute atomic E-state index is 6.04. The van der Waals surface area contributed by atoms with E-state index in [0.29, 0.717) is 18.6 Å². The van der Waals surface area contributed by atoms with Crippen molar-refractivity contribution in [1.82, 2.24) is 10.4 Å². The summed E-state index contributed by atoms with van der Waals surface area (Å²) in [6.45, 7) is 9.38. The Hall–Kier alpha value is -0.200. The molecule has 2 aliphatic rings. The minimum atomic E-state index is 0.00449. The van der Waals surface area contributed by atoms with E-state index < -0.39 is 0 Å². The fourth-order valence-electron chi connectivity index (χ4n) is 2.72. The van der Waals surface area contributed by atoms with E-state index >= 15 is 0 Å². The Bertz CT molecular complexity index is 257. The van der Waals surface area contributed by atoms with Gasteiger partial charge < -0.3 is 15.2 Å². The minimum absolute atomic E-state index is 0.00449. The first-order valence-corrected chi connectivity index (χ1v) is 7.07. The largest absolute Gasteiger partial charge is 0.379 e. The molecule has 0 aromatic rings. The quantitative estimate of drug-likeness (QED) is 0.761. The van der Waals surface area contributed by atoms with Gasteiger partial charge in [-0.25, -0.2) is 10.4 Å². The molecule has 5 nitrogen and oxygen atoms in total. The van der Waals surface area contributed by atoms with Crippen LogP contribution in [0.4, 0.5) is 0 Å². The predicted molar refractivity (Wildman–Crippen MR) is 71.1 cm³/mol. The molecule has 2 fully saturated rings. The zero-order valence-corrected chi connectivity index (χ0v) is 11.7. The Morgan fingerprint density at radius 1 is 1.33 bits per heavy atom.